The lowest BCUT2D eigenvalue weighted by Gasteiger charge is -2.19. The third-order valence-corrected chi connectivity index (χ3v) is 3.19. The van der Waals surface area contributed by atoms with E-state index in [4.69, 9.17) is 0 Å². The molecule has 4 heteroatoms. The smallest absolute Gasteiger partial charge is 0.109 e. The van der Waals surface area contributed by atoms with Crippen molar-refractivity contribution in [1.29, 1.82) is 0 Å². The van der Waals surface area contributed by atoms with Gasteiger partial charge in [-0.1, -0.05) is 22.9 Å². The molecule has 3 nitrogen and oxygen atoms in total. The minimum atomic E-state index is 1.04. The Hall–Kier alpha value is -0.350. The highest BCUT2D eigenvalue weighted by molar-refractivity contribution is 9.09. The molecule has 0 N–H and O–H groups in total. The van der Waals surface area contributed by atoms with Crippen molar-refractivity contribution >= 4 is 15.9 Å². The Morgan fingerprint density at radius 3 is 2.80 bits per heavy atom. The summed E-state index contributed by atoms with van der Waals surface area (Å²) in [5.41, 5.74) is 0. The van der Waals surface area contributed by atoms with E-state index in [9.17, 15) is 0 Å². The molecule has 86 valence electrons. The summed E-state index contributed by atoms with van der Waals surface area (Å²) < 4.78 is 2.10. The van der Waals surface area contributed by atoms with Crippen LogP contribution in [0, 0.1) is 0 Å². The highest BCUT2D eigenvalue weighted by Gasteiger charge is 2.04. The second-order valence-electron chi connectivity index (χ2n) is 3.68. The minimum absolute atomic E-state index is 1.04. The molecule has 1 rings (SSSR count). The zero-order valence-corrected chi connectivity index (χ0v) is 11.2. The van der Waals surface area contributed by atoms with E-state index in [1.54, 1.807) is 0 Å². The van der Waals surface area contributed by atoms with Crippen LogP contribution in [0.25, 0.3) is 0 Å². The Balaban J connectivity index is 2.31. The molecule has 0 saturated heterocycles. The van der Waals surface area contributed by atoms with Gasteiger partial charge in [-0.05, 0) is 19.5 Å². The fourth-order valence-electron chi connectivity index (χ4n) is 1.61. The van der Waals surface area contributed by atoms with Crippen LogP contribution in [0.15, 0.2) is 12.4 Å². The Morgan fingerprint density at radius 1 is 1.47 bits per heavy atom. The summed E-state index contributed by atoms with van der Waals surface area (Å²) in [5.74, 6) is 1.17. The molecule has 0 aliphatic rings. The van der Waals surface area contributed by atoms with Crippen molar-refractivity contribution in [2.45, 2.75) is 19.8 Å². The number of alkyl halides is 1. The Bertz CT molecular complexity index is 273. The van der Waals surface area contributed by atoms with E-state index in [-0.39, 0.29) is 0 Å². The molecule has 1 aromatic heterocycles. The van der Waals surface area contributed by atoms with Crippen molar-refractivity contribution in [2.75, 3.05) is 25.0 Å². The van der Waals surface area contributed by atoms with Gasteiger partial charge in [0.05, 0.1) is 0 Å². The monoisotopic (exact) mass is 273 g/mol. The number of hydrogen-bond acceptors (Lipinski definition) is 2. The van der Waals surface area contributed by atoms with E-state index in [1.165, 1.54) is 18.8 Å². The molecule has 0 spiro atoms. The molecule has 0 saturated carbocycles. The van der Waals surface area contributed by atoms with E-state index >= 15 is 0 Å². The predicted octanol–water partition coefficient (Wildman–Crippen LogP) is 2.07. The maximum atomic E-state index is 4.33. The molecule has 0 bridgehead atoms. The van der Waals surface area contributed by atoms with Crippen molar-refractivity contribution in [3.8, 4) is 0 Å². The number of aryl methyl sites for hydroxylation is 1. The zero-order chi connectivity index (χ0) is 11.1. The highest BCUT2D eigenvalue weighted by atomic mass is 79.9. The lowest BCUT2D eigenvalue weighted by atomic mass is 10.3. The van der Waals surface area contributed by atoms with Gasteiger partial charge in [0, 0.05) is 37.7 Å². The average molecular weight is 274 g/mol. The van der Waals surface area contributed by atoms with Crippen LogP contribution in [0.1, 0.15) is 19.2 Å². The van der Waals surface area contributed by atoms with Crippen LogP contribution >= 0.6 is 15.9 Å². The fourth-order valence-corrected chi connectivity index (χ4v) is 1.86. The van der Waals surface area contributed by atoms with Gasteiger partial charge in [0.25, 0.3) is 0 Å². The van der Waals surface area contributed by atoms with Crippen molar-refractivity contribution in [3.63, 3.8) is 0 Å². The summed E-state index contributed by atoms with van der Waals surface area (Å²) in [6.07, 6.45) is 6.13. The van der Waals surface area contributed by atoms with Gasteiger partial charge in [0.15, 0.2) is 0 Å². The molecule has 1 aromatic rings. The van der Waals surface area contributed by atoms with Gasteiger partial charge in [-0.15, -0.1) is 0 Å². The van der Waals surface area contributed by atoms with E-state index in [0.717, 1.165) is 24.8 Å². The Labute approximate surface area is 101 Å². The molecule has 1 heterocycles. The van der Waals surface area contributed by atoms with Crippen LogP contribution in [0.5, 0.6) is 0 Å². The van der Waals surface area contributed by atoms with Crippen LogP contribution in [0.2, 0.25) is 0 Å². The van der Waals surface area contributed by atoms with Crippen LogP contribution < -0.4 is 0 Å². The summed E-state index contributed by atoms with van der Waals surface area (Å²) in [4.78, 5) is 6.80. The summed E-state index contributed by atoms with van der Waals surface area (Å²) in [5, 5.41) is 1.09. The molecule has 0 atom stereocenters. The van der Waals surface area contributed by atoms with Crippen molar-refractivity contribution in [2.24, 2.45) is 7.05 Å². The van der Waals surface area contributed by atoms with Gasteiger partial charge in [-0.2, -0.15) is 0 Å². The van der Waals surface area contributed by atoms with E-state index in [1.807, 2.05) is 12.4 Å². The summed E-state index contributed by atoms with van der Waals surface area (Å²) in [6, 6.07) is 0. The first kappa shape index (κ1) is 12.7. The van der Waals surface area contributed by atoms with Crippen LogP contribution in [-0.2, 0) is 13.5 Å². The number of aromatic nitrogens is 2. The lowest BCUT2D eigenvalue weighted by molar-refractivity contribution is 0.291. The topological polar surface area (TPSA) is 21.1 Å². The number of rotatable bonds is 7. The standard InChI is InChI=1S/C11H20BrN3/c1-3-15(8-4-6-12)9-5-11-13-7-10-14(11)2/h7,10H,3-6,8-9H2,1-2H3. The predicted molar refractivity (Wildman–Crippen MR) is 67.4 cm³/mol. The number of nitrogens with zero attached hydrogens (tertiary/aromatic N) is 3. The second kappa shape index (κ2) is 7.01. The first-order chi connectivity index (χ1) is 7.27. The maximum absolute atomic E-state index is 4.33. The maximum Gasteiger partial charge on any atom is 0.109 e. The van der Waals surface area contributed by atoms with Crippen LogP contribution in [0.3, 0.4) is 0 Å². The van der Waals surface area contributed by atoms with Gasteiger partial charge >= 0.3 is 0 Å². The summed E-state index contributed by atoms with van der Waals surface area (Å²) in [6.45, 7) is 5.62. The van der Waals surface area contributed by atoms with Gasteiger partial charge in [0.1, 0.15) is 5.82 Å². The Morgan fingerprint density at radius 2 is 2.27 bits per heavy atom. The highest BCUT2D eigenvalue weighted by Crippen LogP contribution is 2.00. The first-order valence-electron chi connectivity index (χ1n) is 5.52. The molecule has 0 radical (unpaired) electrons. The van der Waals surface area contributed by atoms with Crippen molar-refractivity contribution in [3.05, 3.63) is 18.2 Å². The molecule has 0 aromatic carbocycles. The molecule has 0 unspecified atom stereocenters. The number of imidazole rings is 1. The van der Waals surface area contributed by atoms with Crippen molar-refractivity contribution < 1.29 is 0 Å². The van der Waals surface area contributed by atoms with Gasteiger partial charge in [-0.3, -0.25) is 0 Å². The van der Waals surface area contributed by atoms with E-state index in [2.05, 4.69) is 44.4 Å². The Kier molecular flexibility index (Phi) is 5.95. The SMILES string of the molecule is CCN(CCCBr)CCc1nccn1C. The van der Waals surface area contributed by atoms with Crippen LogP contribution in [-0.4, -0.2) is 39.4 Å². The van der Waals surface area contributed by atoms with E-state index in [0.29, 0.717) is 0 Å². The zero-order valence-electron chi connectivity index (χ0n) is 9.62. The first-order valence-corrected chi connectivity index (χ1v) is 6.64. The number of likely N-dealkylation sites (N-methyl/N-ethyl adjacent to an activating group) is 1. The second-order valence-corrected chi connectivity index (χ2v) is 4.47. The summed E-state index contributed by atoms with van der Waals surface area (Å²) >= 11 is 3.47. The number of hydrogen-bond donors (Lipinski definition) is 0. The molecule has 0 amide bonds. The number of halogens is 1. The third-order valence-electron chi connectivity index (χ3n) is 2.63. The molecular formula is C11H20BrN3. The quantitative estimate of drug-likeness (QED) is 0.710. The third kappa shape index (κ3) is 4.34. The van der Waals surface area contributed by atoms with Gasteiger partial charge in [0.2, 0.25) is 0 Å². The lowest BCUT2D eigenvalue weighted by Crippen LogP contribution is -2.27. The van der Waals surface area contributed by atoms with E-state index < -0.39 is 0 Å². The fraction of sp³-hybridized carbons (Fsp3) is 0.727. The van der Waals surface area contributed by atoms with Crippen LogP contribution in [0.4, 0.5) is 0 Å². The molecule has 0 fully saturated rings. The van der Waals surface area contributed by atoms with Crippen molar-refractivity contribution in [1.82, 2.24) is 14.5 Å². The average Bonchev–Trinajstić information content (AvgIpc) is 2.65. The molecular weight excluding hydrogens is 254 g/mol. The van der Waals surface area contributed by atoms with Gasteiger partial charge in [-0.25, -0.2) is 4.98 Å². The minimum Gasteiger partial charge on any atom is -0.338 e. The largest absolute Gasteiger partial charge is 0.338 e. The molecule has 0 aliphatic heterocycles. The molecule has 0 aliphatic carbocycles. The molecule has 15 heavy (non-hydrogen) atoms. The normalized spacial score (nSPS) is 11.2. The summed E-state index contributed by atoms with van der Waals surface area (Å²) in [7, 11) is 2.05. The van der Waals surface area contributed by atoms with Gasteiger partial charge < -0.3 is 9.47 Å².